The molecule has 1 atom stereocenters. The lowest BCUT2D eigenvalue weighted by molar-refractivity contribution is -0.123. The minimum atomic E-state index is -0.745. The molecule has 7 nitrogen and oxygen atoms in total. The van der Waals surface area contributed by atoms with Gasteiger partial charge in [0.05, 0.1) is 19.9 Å². The predicted molar refractivity (Wildman–Crippen MR) is 120 cm³/mol. The van der Waals surface area contributed by atoms with E-state index in [4.69, 9.17) is 9.47 Å². The molecule has 0 aliphatic carbocycles. The van der Waals surface area contributed by atoms with E-state index in [9.17, 15) is 9.59 Å². The molecule has 2 aromatic rings. The number of nitrogens with one attached hydrogen (secondary N) is 2. The molecule has 0 aromatic heterocycles. The molecule has 0 radical (unpaired) electrons. The number of amides is 2. The molecule has 30 heavy (non-hydrogen) atoms. The van der Waals surface area contributed by atoms with Gasteiger partial charge in [-0.05, 0) is 55.3 Å². The molecule has 0 aliphatic rings. The third-order valence-corrected chi connectivity index (χ3v) is 4.73. The number of nitrogens with zero attached hydrogens (tertiary/aromatic N) is 1. The van der Waals surface area contributed by atoms with Gasteiger partial charge in [-0.25, -0.2) is 5.43 Å². The lowest BCUT2D eigenvalue weighted by Gasteiger charge is -2.20. The molecule has 0 saturated heterocycles. The Morgan fingerprint density at radius 3 is 2.47 bits per heavy atom. The van der Waals surface area contributed by atoms with Crippen molar-refractivity contribution in [2.45, 2.75) is 26.8 Å². The number of carbonyl (C=O) groups excluding carboxylic acids is 2. The maximum Gasteiger partial charge on any atom is 0.262 e. The molecular formula is C22H26BrN3O4. The lowest BCUT2D eigenvalue weighted by atomic mass is 10.0. The highest BCUT2D eigenvalue weighted by Gasteiger charge is 2.24. The number of hydrogen-bond donors (Lipinski definition) is 2. The number of methoxy groups -OCH3 is 1. The Hall–Kier alpha value is -2.87. The summed E-state index contributed by atoms with van der Waals surface area (Å²) in [5, 5.41) is 6.80. The number of halogens is 1. The monoisotopic (exact) mass is 475 g/mol. The largest absolute Gasteiger partial charge is 0.497 e. The fourth-order valence-corrected chi connectivity index (χ4v) is 3.02. The normalized spacial score (nSPS) is 11.9. The average Bonchev–Trinajstić information content (AvgIpc) is 2.73. The van der Waals surface area contributed by atoms with Crippen LogP contribution in [-0.4, -0.2) is 37.8 Å². The fourth-order valence-electron chi connectivity index (χ4n) is 2.64. The quantitative estimate of drug-likeness (QED) is 0.426. The summed E-state index contributed by atoms with van der Waals surface area (Å²) in [5.41, 5.74) is 3.66. The van der Waals surface area contributed by atoms with E-state index >= 15 is 0 Å². The van der Waals surface area contributed by atoms with Gasteiger partial charge in [-0.1, -0.05) is 29.8 Å². The highest BCUT2D eigenvalue weighted by atomic mass is 79.9. The molecular weight excluding hydrogens is 450 g/mol. The third-order valence-electron chi connectivity index (χ3n) is 4.24. The summed E-state index contributed by atoms with van der Waals surface area (Å²) in [6.07, 6.45) is 1.51. The van der Waals surface area contributed by atoms with E-state index in [0.29, 0.717) is 23.7 Å². The molecule has 8 heteroatoms. The van der Waals surface area contributed by atoms with Crippen LogP contribution in [0.1, 0.15) is 36.7 Å². The van der Waals surface area contributed by atoms with Crippen LogP contribution in [0.3, 0.4) is 0 Å². The summed E-state index contributed by atoms with van der Waals surface area (Å²) in [4.78, 5) is 25.1. The van der Waals surface area contributed by atoms with Crippen LogP contribution in [-0.2, 0) is 4.79 Å². The summed E-state index contributed by atoms with van der Waals surface area (Å²) in [6.45, 7) is 6.11. The van der Waals surface area contributed by atoms with Gasteiger partial charge in [0.1, 0.15) is 17.5 Å². The Balaban J connectivity index is 2.06. The SMILES string of the molecule is CCOc1ccc(Br)cc1C=NNC(=O)C(NC(=O)c1ccc(OC)cc1)C(C)C. The summed E-state index contributed by atoms with van der Waals surface area (Å²) in [5.74, 6) is 0.425. The zero-order chi connectivity index (χ0) is 22.1. The second-order valence-electron chi connectivity index (χ2n) is 6.77. The van der Waals surface area contributed by atoms with Gasteiger partial charge in [-0.2, -0.15) is 5.10 Å². The van der Waals surface area contributed by atoms with Crippen molar-refractivity contribution in [2.75, 3.05) is 13.7 Å². The molecule has 0 heterocycles. The van der Waals surface area contributed by atoms with Crippen LogP contribution in [0, 0.1) is 5.92 Å². The maximum atomic E-state index is 12.6. The smallest absolute Gasteiger partial charge is 0.262 e. The number of ether oxygens (including phenoxy) is 2. The van der Waals surface area contributed by atoms with E-state index < -0.39 is 11.9 Å². The van der Waals surface area contributed by atoms with Crippen LogP contribution >= 0.6 is 15.9 Å². The summed E-state index contributed by atoms with van der Waals surface area (Å²) >= 11 is 3.41. The van der Waals surface area contributed by atoms with Gasteiger partial charge in [0, 0.05) is 15.6 Å². The molecule has 1 unspecified atom stereocenters. The predicted octanol–water partition coefficient (Wildman–Crippen LogP) is 3.76. The van der Waals surface area contributed by atoms with Gasteiger partial charge in [0.15, 0.2) is 0 Å². The fraction of sp³-hybridized carbons (Fsp3) is 0.318. The van der Waals surface area contributed by atoms with Gasteiger partial charge < -0.3 is 14.8 Å². The van der Waals surface area contributed by atoms with E-state index in [1.165, 1.54) is 6.21 Å². The van der Waals surface area contributed by atoms with Gasteiger partial charge in [0.2, 0.25) is 0 Å². The third kappa shape index (κ3) is 6.59. The zero-order valence-electron chi connectivity index (χ0n) is 17.4. The zero-order valence-corrected chi connectivity index (χ0v) is 19.0. The van der Waals surface area contributed by atoms with Crippen molar-refractivity contribution in [3.8, 4) is 11.5 Å². The van der Waals surface area contributed by atoms with Crippen molar-refractivity contribution in [1.29, 1.82) is 0 Å². The average molecular weight is 476 g/mol. The van der Waals surface area contributed by atoms with E-state index in [0.717, 1.165) is 10.0 Å². The number of rotatable bonds is 9. The van der Waals surface area contributed by atoms with Crippen LogP contribution in [0.5, 0.6) is 11.5 Å². The maximum absolute atomic E-state index is 12.6. The first-order chi connectivity index (χ1) is 14.3. The van der Waals surface area contributed by atoms with Crippen molar-refractivity contribution in [3.63, 3.8) is 0 Å². The first-order valence-electron chi connectivity index (χ1n) is 9.55. The van der Waals surface area contributed by atoms with Crippen LogP contribution in [0.2, 0.25) is 0 Å². The van der Waals surface area contributed by atoms with E-state index in [1.807, 2.05) is 39.0 Å². The Labute approximate surface area is 185 Å². The number of carbonyl (C=O) groups is 2. The molecule has 2 aromatic carbocycles. The van der Waals surface area contributed by atoms with Crippen molar-refractivity contribution in [2.24, 2.45) is 11.0 Å². The van der Waals surface area contributed by atoms with Gasteiger partial charge in [-0.15, -0.1) is 0 Å². The molecule has 0 fully saturated rings. The Morgan fingerprint density at radius 1 is 1.17 bits per heavy atom. The van der Waals surface area contributed by atoms with Crippen molar-refractivity contribution < 1.29 is 19.1 Å². The van der Waals surface area contributed by atoms with Crippen molar-refractivity contribution >= 4 is 34.0 Å². The second-order valence-corrected chi connectivity index (χ2v) is 7.69. The number of hydrazone groups is 1. The highest BCUT2D eigenvalue weighted by Crippen LogP contribution is 2.21. The van der Waals surface area contributed by atoms with Crippen molar-refractivity contribution in [3.05, 3.63) is 58.1 Å². The van der Waals surface area contributed by atoms with Gasteiger partial charge in [-0.3, -0.25) is 9.59 Å². The number of hydrogen-bond acceptors (Lipinski definition) is 5. The van der Waals surface area contributed by atoms with Gasteiger partial charge in [0.25, 0.3) is 11.8 Å². The van der Waals surface area contributed by atoms with Crippen LogP contribution < -0.4 is 20.2 Å². The molecule has 0 spiro atoms. The molecule has 2 N–H and O–H groups in total. The molecule has 2 rings (SSSR count). The minimum absolute atomic E-state index is 0.132. The molecule has 160 valence electrons. The summed E-state index contributed by atoms with van der Waals surface area (Å²) in [6, 6.07) is 11.5. The highest BCUT2D eigenvalue weighted by molar-refractivity contribution is 9.10. The topological polar surface area (TPSA) is 89.0 Å². The van der Waals surface area contributed by atoms with Crippen molar-refractivity contribution in [1.82, 2.24) is 10.7 Å². The van der Waals surface area contributed by atoms with E-state index in [1.54, 1.807) is 31.4 Å². The van der Waals surface area contributed by atoms with E-state index in [2.05, 4.69) is 31.8 Å². The molecule has 0 bridgehead atoms. The Kier molecular flexibility index (Phi) is 8.86. The van der Waals surface area contributed by atoms with Crippen LogP contribution in [0.15, 0.2) is 52.0 Å². The molecule has 2 amide bonds. The minimum Gasteiger partial charge on any atom is -0.497 e. The standard InChI is InChI=1S/C22H26BrN3O4/c1-5-30-19-11-8-17(23)12-16(19)13-24-26-22(28)20(14(2)3)25-21(27)15-6-9-18(29-4)10-7-15/h6-14,20H,5H2,1-4H3,(H,25,27)(H,26,28). The van der Waals surface area contributed by atoms with E-state index in [-0.39, 0.29) is 11.8 Å². The summed E-state index contributed by atoms with van der Waals surface area (Å²) < 4.78 is 11.5. The molecule has 0 saturated carbocycles. The number of benzene rings is 2. The molecule has 0 aliphatic heterocycles. The first kappa shape index (κ1) is 23.4. The Bertz CT molecular complexity index is 898. The van der Waals surface area contributed by atoms with Gasteiger partial charge >= 0.3 is 0 Å². The first-order valence-corrected chi connectivity index (χ1v) is 10.3. The van der Waals surface area contributed by atoms with Crippen LogP contribution in [0.4, 0.5) is 0 Å². The second kappa shape index (κ2) is 11.3. The lowest BCUT2D eigenvalue weighted by Crippen LogP contribution is -2.48. The Morgan fingerprint density at radius 2 is 1.87 bits per heavy atom. The summed E-state index contributed by atoms with van der Waals surface area (Å²) in [7, 11) is 1.56. The van der Waals surface area contributed by atoms with Crippen LogP contribution in [0.25, 0.3) is 0 Å².